The maximum absolute atomic E-state index is 12.9. The fourth-order valence-electron chi connectivity index (χ4n) is 1.51. The molecule has 16 heavy (non-hydrogen) atoms. The lowest BCUT2D eigenvalue weighted by molar-refractivity contribution is 0.177. The number of aliphatic hydroxyl groups is 1. The molecule has 0 spiro atoms. The van der Waals surface area contributed by atoms with Gasteiger partial charge in [0.2, 0.25) is 0 Å². The largest absolute Gasteiger partial charge is 0.472 e. The molecule has 1 unspecified atom stereocenters. The van der Waals surface area contributed by atoms with Gasteiger partial charge in [-0.25, -0.2) is 4.39 Å². The van der Waals surface area contributed by atoms with Crippen molar-refractivity contribution in [3.8, 4) is 0 Å². The topological polar surface area (TPSA) is 33.4 Å². The summed E-state index contributed by atoms with van der Waals surface area (Å²) in [4.78, 5) is 0. The van der Waals surface area contributed by atoms with Gasteiger partial charge in [0.05, 0.1) is 18.6 Å². The van der Waals surface area contributed by atoms with Crippen molar-refractivity contribution in [1.29, 1.82) is 0 Å². The molecule has 2 rings (SSSR count). The summed E-state index contributed by atoms with van der Waals surface area (Å²) in [6.45, 7) is 0. The van der Waals surface area contributed by atoms with Crippen molar-refractivity contribution in [2.75, 3.05) is 0 Å². The summed E-state index contributed by atoms with van der Waals surface area (Å²) in [6.07, 6.45) is 2.91. The molecule has 0 amide bonds. The summed E-state index contributed by atoms with van der Waals surface area (Å²) in [5, 5.41) is 9.97. The Bertz CT molecular complexity index is 468. The van der Waals surface area contributed by atoms with Gasteiger partial charge in [0.1, 0.15) is 5.82 Å². The SMILES string of the molecule is OC(Cc1ccoc1)c1ccc(F)cc1Br. The molecule has 0 bridgehead atoms. The minimum absolute atomic E-state index is 0.328. The number of hydrogen-bond acceptors (Lipinski definition) is 2. The van der Waals surface area contributed by atoms with Gasteiger partial charge in [-0.05, 0) is 29.3 Å². The first-order chi connectivity index (χ1) is 7.66. The van der Waals surface area contributed by atoms with Gasteiger partial charge in [-0.3, -0.25) is 0 Å². The summed E-state index contributed by atoms with van der Waals surface area (Å²) < 4.78 is 18.4. The highest BCUT2D eigenvalue weighted by Crippen LogP contribution is 2.26. The minimum Gasteiger partial charge on any atom is -0.472 e. The van der Waals surface area contributed by atoms with E-state index in [1.807, 2.05) is 0 Å². The Kier molecular flexibility index (Phi) is 3.41. The second-order valence-corrected chi connectivity index (χ2v) is 4.37. The Balaban J connectivity index is 2.17. The van der Waals surface area contributed by atoms with Crippen LogP contribution in [0, 0.1) is 5.82 Å². The van der Waals surface area contributed by atoms with E-state index in [0.717, 1.165) is 5.56 Å². The van der Waals surface area contributed by atoms with Crippen LogP contribution in [-0.4, -0.2) is 5.11 Å². The van der Waals surface area contributed by atoms with Crippen LogP contribution >= 0.6 is 15.9 Å². The second kappa shape index (κ2) is 4.80. The van der Waals surface area contributed by atoms with Crippen molar-refractivity contribution in [3.05, 3.63) is 58.2 Å². The normalized spacial score (nSPS) is 12.7. The maximum atomic E-state index is 12.9. The maximum Gasteiger partial charge on any atom is 0.124 e. The molecule has 0 fully saturated rings. The molecule has 1 atom stereocenters. The molecular formula is C12H10BrFO2. The molecule has 0 aliphatic rings. The van der Waals surface area contributed by atoms with Gasteiger partial charge < -0.3 is 9.52 Å². The standard InChI is InChI=1S/C12H10BrFO2/c13-11-6-9(14)1-2-10(11)12(15)5-8-3-4-16-7-8/h1-4,6-7,12,15H,5H2. The van der Waals surface area contributed by atoms with Crippen molar-refractivity contribution >= 4 is 15.9 Å². The van der Waals surface area contributed by atoms with Crippen LogP contribution in [0.25, 0.3) is 0 Å². The third-order valence-corrected chi connectivity index (χ3v) is 3.02. The predicted molar refractivity (Wildman–Crippen MR) is 61.5 cm³/mol. The number of aliphatic hydroxyl groups excluding tert-OH is 1. The number of halogens is 2. The molecule has 0 saturated carbocycles. The molecule has 1 aromatic carbocycles. The lowest BCUT2D eigenvalue weighted by Gasteiger charge is -2.11. The number of hydrogen-bond donors (Lipinski definition) is 1. The summed E-state index contributed by atoms with van der Waals surface area (Å²) >= 11 is 3.23. The van der Waals surface area contributed by atoms with E-state index in [-0.39, 0.29) is 5.82 Å². The minimum atomic E-state index is -0.674. The van der Waals surface area contributed by atoms with E-state index in [1.165, 1.54) is 12.1 Å². The van der Waals surface area contributed by atoms with Crippen molar-refractivity contribution in [3.63, 3.8) is 0 Å². The quantitative estimate of drug-likeness (QED) is 0.937. The lowest BCUT2D eigenvalue weighted by atomic mass is 10.0. The zero-order valence-corrected chi connectivity index (χ0v) is 9.95. The van der Waals surface area contributed by atoms with Gasteiger partial charge in [-0.15, -0.1) is 0 Å². The van der Waals surface area contributed by atoms with Crippen LogP contribution in [0.5, 0.6) is 0 Å². The number of benzene rings is 1. The number of furan rings is 1. The highest BCUT2D eigenvalue weighted by molar-refractivity contribution is 9.10. The molecule has 4 heteroatoms. The van der Waals surface area contributed by atoms with Crippen LogP contribution in [0.3, 0.4) is 0 Å². The fourth-order valence-corrected chi connectivity index (χ4v) is 2.13. The Morgan fingerprint density at radius 1 is 1.38 bits per heavy atom. The zero-order chi connectivity index (χ0) is 11.5. The molecular weight excluding hydrogens is 275 g/mol. The average molecular weight is 285 g/mol. The van der Waals surface area contributed by atoms with Crippen LogP contribution < -0.4 is 0 Å². The van der Waals surface area contributed by atoms with Gasteiger partial charge >= 0.3 is 0 Å². The smallest absolute Gasteiger partial charge is 0.124 e. The van der Waals surface area contributed by atoms with Gasteiger partial charge in [0, 0.05) is 10.9 Å². The molecule has 0 aliphatic heterocycles. The van der Waals surface area contributed by atoms with Gasteiger partial charge in [-0.1, -0.05) is 22.0 Å². The molecule has 2 nitrogen and oxygen atoms in total. The first-order valence-electron chi connectivity index (χ1n) is 4.81. The summed E-state index contributed by atoms with van der Waals surface area (Å²) in [5.74, 6) is -0.328. The van der Waals surface area contributed by atoms with Crippen molar-refractivity contribution < 1.29 is 13.9 Å². The molecule has 1 N–H and O–H groups in total. The van der Waals surface area contributed by atoms with Crippen molar-refractivity contribution in [1.82, 2.24) is 0 Å². The Hall–Kier alpha value is -1.13. The van der Waals surface area contributed by atoms with Crippen LogP contribution in [0.1, 0.15) is 17.2 Å². The molecule has 0 saturated heterocycles. The third-order valence-electron chi connectivity index (χ3n) is 2.33. The van der Waals surface area contributed by atoms with E-state index in [0.29, 0.717) is 16.5 Å². The Morgan fingerprint density at radius 3 is 2.81 bits per heavy atom. The van der Waals surface area contributed by atoms with E-state index in [2.05, 4.69) is 15.9 Å². The Labute approximate surface area is 101 Å². The number of rotatable bonds is 3. The first-order valence-corrected chi connectivity index (χ1v) is 5.60. The van der Waals surface area contributed by atoms with E-state index in [4.69, 9.17) is 4.42 Å². The molecule has 1 heterocycles. The molecule has 0 radical (unpaired) electrons. The van der Waals surface area contributed by atoms with Gasteiger partial charge in [-0.2, -0.15) is 0 Å². The summed E-state index contributed by atoms with van der Waals surface area (Å²) in [5.41, 5.74) is 1.58. The zero-order valence-electron chi connectivity index (χ0n) is 8.36. The van der Waals surface area contributed by atoms with E-state index in [1.54, 1.807) is 24.7 Å². The van der Waals surface area contributed by atoms with E-state index >= 15 is 0 Å². The van der Waals surface area contributed by atoms with Crippen LogP contribution in [0.2, 0.25) is 0 Å². The van der Waals surface area contributed by atoms with Crippen molar-refractivity contribution in [2.24, 2.45) is 0 Å². The highest BCUT2D eigenvalue weighted by Gasteiger charge is 2.13. The fraction of sp³-hybridized carbons (Fsp3) is 0.167. The van der Waals surface area contributed by atoms with Crippen LogP contribution in [-0.2, 0) is 6.42 Å². The van der Waals surface area contributed by atoms with Gasteiger partial charge in [0.25, 0.3) is 0 Å². The van der Waals surface area contributed by atoms with Crippen LogP contribution in [0.4, 0.5) is 4.39 Å². The molecule has 0 aliphatic carbocycles. The Morgan fingerprint density at radius 2 is 2.19 bits per heavy atom. The highest BCUT2D eigenvalue weighted by atomic mass is 79.9. The second-order valence-electron chi connectivity index (χ2n) is 3.52. The first kappa shape index (κ1) is 11.4. The van der Waals surface area contributed by atoms with Crippen LogP contribution in [0.15, 0.2) is 45.7 Å². The molecule has 2 aromatic rings. The third kappa shape index (κ3) is 2.51. The molecule has 84 valence electrons. The summed E-state index contributed by atoms with van der Waals surface area (Å²) in [6, 6.07) is 6.04. The molecule has 1 aromatic heterocycles. The van der Waals surface area contributed by atoms with E-state index < -0.39 is 6.10 Å². The lowest BCUT2D eigenvalue weighted by Crippen LogP contribution is -2.02. The predicted octanol–water partition coefficient (Wildman–Crippen LogP) is 3.46. The van der Waals surface area contributed by atoms with E-state index in [9.17, 15) is 9.50 Å². The summed E-state index contributed by atoms with van der Waals surface area (Å²) in [7, 11) is 0. The average Bonchev–Trinajstić information content (AvgIpc) is 2.70. The van der Waals surface area contributed by atoms with Gasteiger partial charge in [0.15, 0.2) is 0 Å². The van der Waals surface area contributed by atoms with Crippen molar-refractivity contribution in [2.45, 2.75) is 12.5 Å². The monoisotopic (exact) mass is 284 g/mol.